The number of nitro benzene ring substituents is 1. The molecule has 12 nitrogen and oxygen atoms in total. The van der Waals surface area contributed by atoms with Gasteiger partial charge in [0.2, 0.25) is 15.9 Å². The van der Waals surface area contributed by atoms with E-state index >= 15 is 0 Å². The summed E-state index contributed by atoms with van der Waals surface area (Å²) in [7, 11) is -4.38. The lowest BCUT2D eigenvalue weighted by Crippen LogP contribution is -2.55. The number of carboxylic acid groups (broad SMARTS) is 1. The van der Waals surface area contributed by atoms with E-state index in [1.165, 1.54) is 35.2 Å². The number of non-ortho nitro benzene ring substituents is 1. The van der Waals surface area contributed by atoms with Gasteiger partial charge in [-0.3, -0.25) is 24.5 Å². The number of carbonyl (C=O) groups excluding carboxylic acids is 2. The Morgan fingerprint density at radius 1 is 1.05 bits per heavy atom. The highest BCUT2D eigenvalue weighted by Crippen LogP contribution is 2.33. The van der Waals surface area contributed by atoms with Crippen LogP contribution in [0.2, 0.25) is 10.0 Å². The third-order valence-corrected chi connectivity index (χ3v) is 9.87. The van der Waals surface area contributed by atoms with Crippen molar-refractivity contribution in [2.24, 2.45) is 5.92 Å². The highest BCUT2D eigenvalue weighted by atomic mass is 35.5. The molecule has 4 rings (SSSR count). The number of nitrogens with zero attached hydrogens (tertiary/aromatic N) is 3. The molecule has 1 saturated carbocycles. The van der Waals surface area contributed by atoms with Crippen LogP contribution in [0.15, 0.2) is 47.4 Å². The number of benzene rings is 2. The van der Waals surface area contributed by atoms with Crippen molar-refractivity contribution in [1.29, 1.82) is 0 Å². The molecule has 1 aliphatic heterocycles. The van der Waals surface area contributed by atoms with Gasteiger partial charge < -0.3 is 15.3 Å². The highest BCUT2D eigenvalue weighted by Gasteiger charge is 2.48. The minimum Gasteiger partial charge on any atom is -0.481 e. The number of hydrogen-bond acceptors (Lipinski definition) is 7. The first kappa shape index (κ1) is 30.7. The van der Waals surface area contributed by atoms with Gasteiger partial charge in [0.1, 0.15) is 0 Å². The van der Waals surface area contributed by atoms with E-state index in [4.69, 9.17) is 23.2 Å². The molecule has 1 aliphatic carbocycles. The van der Waals surface area contributed by atoms with Gasteiger partial charge in [-0.15, -0.1) is 0 Å². The van der Waals surface area contributed by atoms with Crippen LogP contribution in [0, 0.1) is 16.0 Å². The van der Waals surface area contributed by atoms with Gasteiger partial charge in [-0.1, -0.05) is 54.6 Å². The Morgan fingerprint density at radius 3 is 2.39 bits per heavy atom. The van der Waals surface area contributed by atoms with E-state index in [9.17, 15) is 38.0 Å². The average Bonchev–Trinajstić information content (AvgIpc) is 3.40. The molecule has 2 amide bonds. The van der Waals surface area contributed by atoms with E-state index in [0.29, 0.717) is 12.8 Å². The maximum Gasteiger partial charge on any atom is 0.305 e. The lowest BCUT2D eigenvalue weighted by Gasteiger charge is -2.33. The second-order valence-electron chi connectivity index (χ2n) is 9.94. The number of hydrogen-bond donors (Lipinski definition) is 2. The summed E-state index contributed by atoms with van der Waals surface area (Å²) in [5.74, 6) is -2.98. The summed E-state index contributed by atoms with van der Waals surface area (Å²) < 4.78 is 28.4. The molecule has 220 valence electrons. The number of halogens is 2. The van der Waals surface area contributed by atoms with E-state index < -0.39 is 45.5 Å². The summed E-state index contributed by atoms with van der Waals surface area (Å²) in [5, 5.41) is 23.5. The molecule has 1 heterocycles. The molecule has 0 aromatic heterocycles. The molecular weight excluding hydrogens is 599 g/mol. The molecule has 2 aromatic carbocycles. The van der Waals surface area contributed by atoms with Crippen molar-refractivity contribution < 1.29 is 32.8 Å². The number of carbonyl (C=O) groups is 3. The standard InChI is InChI=1S/C26H28Cl2N4O8S/c27-20-10-9-19(14-21(20)28)41(39,40)31-12-11-30(26(36)16-5-2-1-3-6-16)25(31)24(35)29-22(15-23(33)34)17-7-4-8-18(13-17)32(37)38/h4,7-10,13-14,16,22,25H,1-3,5-6,11-12,15H2,(H,29,35)(H,33,34). The van der Waals surface area contributed by atoms with Gasteiger partial charge in [-0.05, 0) is 36.6 Å². The number of sulfonamides is 1. The monoisotopic (exact) mass is 626 g/mol. The number of nitrogens with one attached hydrogen (secondary N) is 1. The molecule has 41 heavy (non-hydrogen) atoms. The minimum atomic E-state index is -4.38. The fourth-order valence-electron chi connectivity index (χ4n) is 5.25. The van der Waals surface area contributed by atoms with Gasteiger partial charge in [-0.2, -0.15) is 4.31 Å². The molecule has 2 atom stereocenters. The van der Waals surface area contributed by atoms with E-state index in [2.05, 4.69) is 5.32 Å². The fraction of sp³-hybridized carbons (Fsp3) is 0.423. The van der Waals surface area contributed by atoms with Crippen molar-refractivity contribution in [2.45, 2.75) is 55.6 Å². The van der Waals surface area contributed by atoms with Crippen LogP contribution in [-0.2, 0) is 24.4 Å². The molecule has 2 aliphatic rings. The minimum absolute atomic E-state index is 0.0183. The van der Waals surface area contributed by atoms with Gasteiger partial charge >= 0.3 is 5.97 Å². The van der Waals surface area contributed by atoms with Crippen LogP contribution in [0.3, 0.4) is 0 Å². The molecule has 2 unspecified atom stereocenters. The molecule has 0 bridgehead atoms. The Hall–Kier alpha value is -3.26. The maximum absolute atomic E-state index is 13.9. The smallest absolute Gasteiger partial charge is 0.305 e. The van der Waals surface area contributed by atoms with Crippen molar-refractivity contribution >= 4 is 56.7 Å². The first-order valence-electron chi connectivity index (χ1n) is 12.9. The Kier molecular flexibility index (Phi) is 9.52. The van der Waals surface area contributed by atoms with Crippen molar-refractivity contribution in [3.8, 4) is 0 Å². The average molecular weight is 628 g/mol. The summed E-state index contributed by atoms with van der Waals surface area (Å²) in [6.45, 7) is -0.256. The van der Waals surface area contributed by atoms with Gasteiger partial charge in [0, 0.05) is 31.1 Å². The van der Waals surface area contributed by atoms with Crippen molar-refractivity contribution in [3.05, 3.63) is 68.2 Å². The topological polar surface area (TPSA) is 167 Å². The normalized spacial score (nSPS) is 19.1. The zero-order chi connectivity index (χ0) is 29.9. The molecule has 0 radical (unpaired) electrons. The zero-order valence-corrected chi connectivity index (χ0v) is 24.1. The number of amides is 2. The van der Waals surface area contributed by atoms with Crippen LogP contribution in [0.4, 0.5) is 5.69 Å². The summed E-state index contributed by atoms with van der Waals surface area (Å²) >= 11 is 12.0. The van der Waals surface area contributed by atoms with Crippen LogP contribution in [0.1, 0.15) is 50.1 Å². The highest BCUT2D eigenvalue weighted by molar-refractivity contribution is 7.89. The van der Waals surface area contributed by atoms with Crippen molar-refractivity contribution in [1.82, 2.24) is 14.5 Å². The largest absolute Gasteiger partial charge is 0.481 e. The molecule has 1 saturated heterocycles. The van der Waals surface area contributed by atoms with E-state index in [0.717, 1.165) is 35.7 Å². The van der Waals surface area contributed by atoms with Crippen molar-refractivity contribution in [2.75, 3.05) is 13.1 Å². The quantitative estimate of drug-likeness (QED) is 0.311. The second kappa shape index (κ2) is 12.7. The first-order chi connectivity index (χ1) is 19.4. The third-order valence-electron chi connectivity index (χ3n) is 7.28. The summed E-state index contributed by atoms with van der Waals surface area (Å²) in [4.78, 5) is 50.7. The molecule has 0 spiro atoms. The first-order valence-corrected chi connectivity index (χ1v) is 15.1. The van der Waals surface area contributed by atoms with Crippen LogP contribution in [0.5, 0.6) is 0 Å². The Labute approximate surface area is 246 Å². The maximum atomic E-state index is 13.9. The zero-order valence-electron chi connectivity index (χ0n) is 21.7. The Morgan fingerprint density at radius 2 is 1.76 bits per heavy atom. The molecular formula is C26H28Cl2N4O8S. The Balaban J connectivity index is 1.72. The summed E-state index contributed by atoms with van der Waals surface area (Å²) in [6.07, 6.45) is 1.59. The fourth-order valence-corrected chi connectivity index (χ4v) is 7.18. The van der Waals surface area contributed by atoms with Gasteiger partial charge in [-0.25, -0.2) is 8.42 Å². The summed E-state index contributed by atoms with van der Waals surface area (Å²) in [6, 6.07) is 7.57. The molecule has 15 heteroatoms. The van der Waals surface area contributed by atoms with Crippen LogP contribution >= 0.6 is 23.2 Å². The number of aliphatic carboxylic acids is 1. The van der Waals surface area contributed by atoms with E-state index in [-0.39, 0.29) is 51.1 Å². The molecule has 2 fully saturated rings. The second-order valence-corrected chi connectivity index (χ2v) is 12.6. The SMILES string of the molecule is O=C(O)CC(NC(=O)C1N(C(=O)C2CCCCC2)CCN1S(=O)(=O)c1ccc(Cl)c(Cl)c1)c1cccc([N+](=O)[O-])c1. The number of carboxylic acids is 1. The lowest BCUT2D eigenvalue weighted by atomic mass is 9.88. The van der Waals surface area contributed by atoms with Gasteiger partial charge in [0.05, 0.1) is 32.3 Å². The summed E-state index contributed by atoms with van der Waals surface area (Å²) in [5.41, 5.74) is -0.178. The molecule has 2 aromatic rings. The predicted molar refractivity (Wildman–Crippen MR) is 149 cm³/mol. The van der Waals surface area contributed by atoms with E-state index in [1.54, 1.807) is 0 Å². The predicted octanol–water partition coefficient (Wildman–Crippen LogP) is 3.97. The van der Waals surface area contributed by atoms with Gasteiger partial charge in [0.15, 0.2) is 6.17 Å². The Bertz CT molecular complexity index is 1470. The third kappa shape index (κ3) is 6.80. The van der Waals surface area contributed by atoms with Gasteiger partial charge in [0.25, 0.3) is 11.6 Å². The van der Waals surface area contributed by atoms with E-state index in [1.807, 2.05) is 0 Å². The van der Waals surface area contributed by atoms with Crippen molar-refractivity contribution in [3.63, 3.8) is 0 Å². The number of nitro groups is 1. The van der Waals surface area contributed by atoms with Crippen LogP contribution in [0.25, 0.3) is 0 Å². The number of rotatable bonds is 9. The molecule has 2 N–H and O–H groups in total. The van der Waals surface area contributed by atoms with Crippen LogP contribution in [-0.4, -0.2) is 64.7 Å². The van der Waals surface area contributed by atoms with Crippen LogP contribution < -0.4 is 5.32 Å². The lowest BCUT2D eigenvalue weighted by molar-refractivity contribution is -0.384.